The van der Waals surface area contributed by atoms with Crippen LogP contribution in [-0.4, -0.2) is 11.9 Å². The highest BCUT2D eigenvalue weighted by molar-refractivity contribution is 5.94. The van der Waals surface area contributed by atoms with Gasteiger partial charge < -0.3 is 5.32 Å². The van der Waals surface area contributed by atoms with Crippen molar-refractivity contribution >= 4 is 5.91 Å². The van der Waals surface area contributed by atoms with E-state index in [9.17, 15) is 4.79 Å². The van der Waals surface area contributed by atoms with Crippen molar-refractivity contribution in [2.75, 3.05) is 0 Å². The Morgan fingerprint density at radius 3 is 2.62 bits per heavy atom. The molecule has 0 bridgehead atoms. The molecule has 0 aliphatic heterocycles. The van der Waals surface area contributed by atoms with Gasteiger partial charge in [-0.15, -0.1) is 0 Å². The Morgan fingerprint density at radius 1 is 1.46 bits per heavy atom. The standard InChI is InChI=1S/C10H10N2O/c1-8(7-11)12-10(13)9-5-3-2-4-6-9/h2-6,8H,1H3,(H,12,13). The summed E-state index contributed by atoms with van der Waals surface area (Å²) in [7, 11) is 0. The fraction of sp³-hybridized carbons (Fsp3) is 0.200. The number of hydrogen-bond donors (Lipinski definition) is 1. The summed E-state index contributed by atoms with van der Waals surface area (Å²) in [4.78, 5) is 11.4. The van der Waals surface area contributed by atoms with Gasteiger partial charge in [-0.1, -0.05) is 18.2 Å². The molecule has 1 N–H and O–H groups in total. The molecular formula is C10H10N2O. The number of amides is 1. The third-order valence-corrected chi connectivity index (χ3v) is 1.58. The predicted octanol–water partition coefficient (Wildman–Crippen LogP) is 1.33. The first-order valence-corrected chi connectivity index (χ1v) is 3.99. The molecule has 0 heterocycles. The number of nitriles is 1. The average Bonchev–Trinajstić information content (AvgIpc) is 2.19. The number of nitrogens with zero attached hydrogens (tertiary/aromatic N) is 1. The van der Waals surface area contributed by atoms with Gasteiger partial charge in [0.05, 0.1) is 6.07 Å². The normalized spacial score (nSPS) is 11.4. The zero-order valence-corrected chi connectivity index (χ0v) is 7.32. The lowest BCUT2D eigenvalue weighted by Gasteiger charge is -2.05. The lowest BCUT2D eigenvalue weighted by molar-refractivity contribution is 0.0948. The van der Waals surface area contributed by atoms with Gasteiger partial charge in [-0.2, -0.15) is 5.26 Å². The van der Waals surface area contributed by atoms with E-state index >= 15 is 0 Å². The van der Waals surface area contributed by atoms with E-state index in [4.69, 9.17) is 5.26 Å². The third-order valence-electron chi connectivity index (χ3n) is 1.58. The van der Waals surface area contributed by atoms with Gasteiger partial charge in [0.15, 0.2) is 0 Å². The van der Waals surface area contributed by atoms with Crippen molar-refractivity contribution in [2.24, 2.45) is 0 Å². The summed E-state index contributed by atoms with van der Waals surface area (Å²) in [5.74, 6) is -0.213. The van der Waals surface area contributed by atoms with Crippen LogP contribution in [0.2, 0.25) is 0 Å². The highest BCUT2D eigenvalue weighted by atomic mass is 16.1. The molecule has 3 heteroatoms. The van der Waals surface area contributed by atoms with Crippen molar-refractivity contribution < 1.29 is 4.79 Å². The van der Waals surface area contributed by atoms with Crippen LogP contribution in [0.4, 0.5) is 0 Å². The first kappa shape index (κ1) is 9.27. The molecule has 1 aromatic carbocycles. The number of rotatable bonds is 2. The van der Waals surface area contributed by atoms with E-state index < -0.39 is 6.04 Å². The summed E-state index contributed by atoms with van der Waals surface area (Å²) in [6, 6.07) is 10.3. The second-order valence-electron chi connectivity index (χ2n) is 2.69. The molecule has 0 saturated carbocycles. The molecule has 1 aromatic rings. The Hall–Kier alpha value is -1.82. The molecule has 0 aliphatic carbocycles. The van der Waals surface area contributed by atoms with E-state index in [1.54, 1.807) is 31.2 Å². The number of hydrogen-bond acceptors (Lipinski definition) is 2. The van der Waals surface area contributed by atoms with Gasteiger partial charge in [-0.25, -0.2) is 0 Å². The van der Waals surface area contributed by atoms with Crippen molar-refractivity contribution in [3.05, 3.63) is 35.9 Å². The van der Waals surface area contributed by atoms with Crippen LogP contribution in [0.15, 0.2) is 30.3 Å². The van der Waals surface area contributed by atoms with E-state index in [1.165, 1.54) is 0 Å². The number of carbonyl (C=O) groups excluding carboxylic acids is 1. The summed E-state index contributed by atoms with van der Waals surface area (Å²) in [5.41, 5.74) is 0.574. The van der Waals surface area contributed by atoms with Crippen LogP contribution in [-0.2, 0) is 0 Å². The van der Waals surface area contributed by atoms with E-state index in [0.717, 1.165) is 0 Å². The topological polar surface area (TPSA) is 52.9 Å². The quantitative estimate of drug-likeness (QED) is 0.735. The molecule has 0 aliphatic rings. The van der Waals surface area contributed by atoms with Crippen LogP contribution in [0.25, 0.3) is 0 Å². The maximum atomic E-state index is 11.4. The second-order valence-corrected chi connectivity index (χ2v) is 2.69. The van der Waals surface area contributed by atoms with Gasteiger partial charge in [-0.05, 0) is 19.1 Å². The summed E-state index contributed by atoms with van der Waals surface area (Å²) in [5, 5.41) is 11.0. The van der Waals surface area contributed by atoms with E-state index in [0.29, 0.717) is 5.56 Å². The number of nitrogens with one attached hydrogen (secondary N) is 1. The molecule has 0 aromatic heterocycles. The van der Waals surface area contributed by atoms with E-state index in [1.807, 2.05) is 12.1 Å². The van der Waals surface area contributed by atoms with Crippen LogP contribution < -0.4 is 5.32 Å². The lowest BCUT2D eigenvalue weighted by atomic mass is 10.2. The zero-order chi connectivity index (χ0) is 9.68. The van der Waals surface area contributed by atoms with Crippen molar-refractivity contribution in [3.63, 3.8) is 0 Å². The average molecular weight is 174 g/mol. The molecule has 0 radical (unpaired) electrons. The lowest BCUT2D eigenvalue weighted by Crippen LogP contribution is -2.31. The molecule has 1 unspecified atom stereocenters. The van der Waals surface area contributed by atoms with E-state index in [2.05, 4.69) is 5.32 Å². The molecule has 0 fully saturated rings. The third kappa shape index (κ3) is 2.60. The van der Waals surface area contributed by atoms with Gasteiger partial charge >= 0.3 is 0 Å². The van der Waals surface area contributed by atoms with Crippen LogP contribution >= 0.6 is 0 Å². The molecule has 1 atom stereocenters. The van der Waals surface area contributed by atoms with Crippen LogP contribution in [0.5, 0.6) is 0 Å². The fourth-order valence-electron chi connectivity index (χ4n) is 0.902. The minimum absolute atomic E-state index is 0.213. The number of benzene rings is 1. The molecule has 0 spiro atoms. The Bertz CT molecular complexity index is 327. The van der Waals surface area contributed by atoms with Crippen molar-refractivity contribution in [1.29, 1.82) is 5.26 Å². The first-order valence-electron chi connectivity index (χ1n) is 3.99. The molecule has 3 nitrogen and oxygen atoms in total. The smallest absolute Gasteiger partial charge is 0.252 e. The summed E-state index contributed by atoms with van der Waals surface area (Å²) in [6.45, 7) is 1.64. The van der Waals surface area contributed by atoms with Gasteiger partial charge in [0.2, 0.25) is 0 Å². The summed E-state index contributed by atoms with van der Waals surface area (Å²) >= 11 is 0. The highest BCUT2D eigenvalue weighted by Gasteiger charge is 2.06. The zero-order valence-electron chi connectivity index (χ0n) is 7.32. The molecule has 1 amide bonds. The van der Waals surface area contributed by atoms with Gasteiger partial charge in [-0.3, -0.25) is 4.79 Å². The predicted molar refractivity (Wildman–Crippen MR) is 49.0 cm³/mol. The second kappa shape index (κ2) is 4.27. The van der Waals surface area contributed by atoms with Gasteiger partial charge in [0.1, 0.15) is 6.04 Å². The van der Waals surface area contributed by atoms with Crippen molar-refractivity contribution in [2.45, 2.75) is 13.0 Å². The largest absolute Gasteiger partial charge is 0.337 e. The Morgan fingerprint density at radius 2 is 2.08 bits per heavy atom. The minimum atomic E-state index is -0.451. The van der Waals surface area contributed by atoms with E-state index in [-0.39, 0.29) is 5.91 Å². The Balaban J connectivity index is 2.66. The highest BCUT2D eigenvalue weighted by Crippen LogP contribution is 1.98. The van der Waals surface area contributed by atoms with Crippen LogP contribution in [0.3, 0.4) is 0 Å². The summed E-state index contributed by atoms with van der Waals surface area (Å²) in [6.07, 6.45) is 0. The fourth-order valence-corrected chi connectivity index (χ4v) is 0.902. The van der Waals surface area contributed by atoms with Crippen LogP contribution in [0.1, 0.15) is 17.3 Å². The van der Waals surface area contributed by atoms with Gasteiger partial charge in [0.25, 0.3) is 5.91 Å². The number of carbonyl (C=O) groups is 1. The molecule has 1 rings (SSSR count). The minimum Gasteiger partial charge on any atom is -0.337 e. The van der Waals surface area contributed by atoms with Crippen LogP contribution in [0, 0.1) is 11.3 Å². The maximum Gasteiger partial charge on any atom is 0.252 e. The SMILES string of the molecule is CC(C#N)NC(=O)c1ccccc1. The molecule has 66 valence electrons. The van der Waals surface area contributed by atoms with Crippen molar-refractivity contribution in [1.82, 2.24) is 5.32 Å². The van der Waals surface area contributed by atoms with Crippen molar-refractivity contribution in [3.8, 4) is 6.07 Å². The van der Waals surface area contributed by atoms with Gasteiger partial charge in [0, 0.05) is 5.56 Å². The maximum absolute atomic E-state index is 11.4. The first-order chi connectivity index (χ1) is 6.24. The molecule has 0 saturated heterocycles. The molecular weight excluding hydrogens is 164 g/mol. The summed E-state index contributed by atoms with van der Waals surface area (Å²) < 4.78 is 0. The Labute approximate surface area is 77.0 Å². The monoisotopic (exact) mass is 174 g/mol. The molecule has 13 heavy (non-hydrogen) atoms. The Kier molecular flexibility index (Phi) is 3.04.